The van der Waals surface area contributed by atoms with Crippen LogP contribution in [0.5, 0.6) is 0 Å². The van der Waals surface area contributed by atoms with Gasteiger partial charge in [-0.15, -0.1) is 0 Å². The van der Waals surface area contributed by atoms with Crippen molar-refractivity contribution in [2.24, 2.45) is 5.73 Å². The number of carbonyl (C=O) groups excluding carboxylic acids is 2. The van der Waals surface area contributed by atoms with Crippen molar-refractivity contribution in [2.75, 3.05) is 30.3 Å². The molecule has 4 aromatic rings. The maximum absolute atomic E-state index is 12.7. The molecule has 1 saturated heterocycles. The summed E-state index contributed by atoms with van der Waals surface area (Å²) in [5.74, 6) is 0.0762. The highest BCUT2D eigenvalue weighted by molar-refractivity contribution is 5.92. The number of hydrogen-bond donors (Lipinski definition) is 7. The predicted octanol–water partition coefficient (Wildman–Crippen LogP) is -0.0200. The number of benzene rings is 2. The number of rotatable bonds is 11. The van der Waals surface area contributed by atoms with E-state index in [1.54, 1.807) is 30.3 Å². The Kier molecular flexibility index (Phi) is 9.00. The van der Waals surface area contributed by atoms with E-state index >= 15 is 0 Å². The van der Waals surface area contributed by atoms with Crippen LogP contribution in [0.15, 0.2) is 61.2 Å². The van der Waals surface area contributed by atoms with Crippen LogP contribution >= 0.6 is 0 Å². The van der Waals surface area contributed by atoms with E-state index in [9.17, 15) is 24.9 Å². The molecule has 2 amide bonds. The van der Waals surface area contributed by atoms with Gasteiger partial charge in [0.1, 0.15) is 24.6 Å². The fourth-order valence-electron chi connectivity index (χ4n) is 4.69. The zero-order chi connectivity index (χ0) is 29.6. The molecule has 4 atom stereocenters. The number of aliphatic hydroxyl groups is 3. The van der Waals surface area contributed by atoms with Crippen LogP contribution in [0.2, 0.25) is 0 Å². The van der Waals surface area contributed by atoms with Crippen molar-refractivity contribution in [2.45, 2.75) is 37.4 Å². The first-order valence-corrected chi connectivity index (χ1v) is 13.4. The lowest BCUT2D eigenvalue weighted by molar-refractivity contribution is -0.120. The quantitative estimate of drug-likeness (QED) is 0.126. The molecule has 1 aliphatic heterocycles. The Bertz CT molecular complexity index is 1550. The Morgan fingerprint density at radius 1 is 0.952 bits per heavy atom. The summed E-state index contributed by atoms with van der Waals surface area (Å²) in [5, 5.41) is 38.7. The highest BCUT2D eigenvalue weighted by atomic mass is 16.6. The minimum atomic E-state index is -1.27. The van der Waals surface area contributed by atoms with Crippen LogP contribution in [0, 0.1) is 0 Å². The molecular formula is C28H32N8O6. The lowest BCUT2D eigenvalue weighted by atomic mass is 10.1. The van der Waals surface area contributed by atoms with E-state index < -0.39 is 31.1 Å². The lowest BCUT2D eigenvalue weighted by Crippen LogP contribution is -2.33. The summed E-state index contributed by atoms with van der Waals surface area (Å²) in [6.45, 7) is 0.344. The number of carbonyl (C=O) groups is 2. The zero-order valence-electron chi connectivity index (χ0n) is 22.6. The van der Waals surface area contributed by atoms with Crippen molar-refractivity contribution in [3.8, 4) is 0 Å². The molecule has 42 heavy (non-hydrogen) atoms. The molecule has 2 aromatic heterocycles. The standard InChI is InChI=1S/C28H32N8O6/c29-8-9-30-21(38)12-17-2-1-3-19(10-17)34-22(39)11-16-4-6-18(7-5-16)35-26-23-27(32-14-31-26)36(15-33-23)28-25(41)24(40)20(13-37)42-28/h1-7,10,14-15,20,24-25,28,37,40-41H,8-9,11-13,29H2,(H,30,38)(H,34,39)(H,31,32,35)/t20-,24?,25?,28-/m1/s1. The van der Waals surface area contributed by atoms with Crippen molar-refractivity contribution >= 4 is 40.2 Å². The number of imidazole rings is 1. The average molecular weight is 577 g/mol. The third-order valence-electron chi connectivity index (χ3n) is 6.77. The van der Waals surface area contributed by atoms with Crippen molar-refractivity contribution in [3.05, 3.63) is 72.3 Å². The topological polar surface area (TPSA) is 210 Å². The first-order chi connectivity index (χ1) is 20.4. The van der Waals surface area contributed by atoms with E-state index in [2.05, 4.69) is 30.9 Å². The van der Waals surface area contributed by atoms with Gasteiger partial charge in [0.05, 0.1) is 25.8 Å². The van der Waals surface area contributed by atoms with Crippen LogP contribution in [0.4, 0.5) is 17.2 Å². The summed E-state index contributed by atoms with van der Waals surface area (Å²) in [6, 6.07) is 14.4. The van der Waals surface area contributed by atoms with E-state index in [4.69, 9.17) is 10.5 Å². The second-order valence-corrected chi connectivity index (χ2v) is 9.84. The Morgan fingerprint density at radius 3 is 2.48 bits per heavy atom. The smallest absolute Gasteiger partial charge is 0.228 e. The molecule has 1 fully saturated rings. The van der Waals surface area contributed by atoms with Crippen molar-refractivity contribution < 1.29 is 29.6 Å². The summed E-state index contributed by atoms with van der Waals surface area (Å²) in [6.07, 6.45) is -1.31. The highest BCUT2D eigenvalue weighted by Gasteiger charge is 2.44. The van der Waals surface area contributed by atoms with E-state index in [-0.39, 0.29) is 24.7 Å². The van der Waals surface area contributed by atoms with Gasteiger partial charge in [-0.05, 0) is 35.4 Å². The summed E-state index contributed by atoms with van der Waals surface area (Å²) in [7, 11) is 0. The number of ether oxygens (including phenoxy) is 1. The van der Waals surface area contributed by atoms with Gasteiger partial charge in [-0.3, -0.25) is 14.2 Å². The summed E-state index contributed by atoms with van der Waals surface area (Å²) in [5.41, 5.74) is 9.07. The largest absolute Gasteiger partial charge is 0.394 e. The van der Waals surface area contributed by atoms with E-state index in [0.717, 1.165) is 11.1 Å². The van der Waals surface area contributed by atoms with Crippen LogP contribution in [0.1, 0.15) is 17.4 Å². The molecule has 220 valence electrons. The van der Waals surface area contributed by atoms with Crippen molar-refractivity contribution in [3.63, 3.8) is 0 Å². The van der Waals surface area contributed by atoms with E-state index in [1.165, 1.54) is 17.2 Å². The van der Waals surface area contributed by atoms with Crippen LogP contribution < -0.4 is 21.7 Å². The predicted molar refractivity (Wildman–Crippen MR) is 153 cm³/mol. The molecule has 14 nitrogen and oxygen atoms in total. The minimum absolute atomic E-state index is 0.133. The van der Waals surface area contributed by atoms with Gasteiger partial charge in [0.2, 0.25) is 11.8 Å². The van der Waals surface area contributed by atoms with Gasteiger partial charge >= 0.3 is 0 Å². The highest BCUT2D eigenvalue weighted by Crippen LogP contribution is 2.32. The molecule has 0 saturated carbocycles. The molecule has 8 N–H and O–H groups in total. The third-order valence-corrected chi connectivity index (χ3v) is 6.77. The molecule has 2 aromatic carbocycles. The molecular weight excluding hydrogens is 544 g/mol. The summed E-state index contributed by atoms with van der Waals surface area (Å²) < 4.78 is 7.09. The number of anilines is 3. The number of amides is 2. The molecule has 2 unspecified atom stereocenters. The van der Waals surface area contributed by atoms with Crippen molar-refractivity contribution in [1.29, 1.82) is 0 Å². The molecule has 14 heteroatoms. The van der Waals surface area contributed by atoms with Crippen molar-refractivity contribution in [1.82, 2.24) is 24.8 Å². The van der Waals surface area contributed by atoms with Crippen LogP contribution in [-0.2, 0) is 27.2 Å². The Balaban J connectivity index is 1.20. The molecule has 1 aliphatic rings. The van der Waals surface area contributed by atoms with Gasteiger partial charge in [-0.1, -0.05) is 24.3 Å². The SMILES string of the molecule is NCCNC(=O)Cc1cccc(NC(=O)Cc2ccc(Nc3ncnc4c3ncn4[C@@H]3O[C@H](CO)C(O)C3O)cc2)c1. The van der Waals surface area contributed by atoms with Gasteiger partial charge < -0.3 is 41.7 Å². The summed E-state index contributed by atoms with van der Waals surface area (Å²) >= 11 is 0. The van der Waals surface area contributed by atoms with Crippen LogP contribution in [0.3, 0.4) is 0 Å². The molecule has 5 rings (SSSR count). The Hall–Kier alpha value is -4.47. The maximum Gasteiger partial charge on any atom is 0.228 e. The third kappa shape index (κ3) is 6.53. The minimum Gasteiger partial charge on any atom is -0.394 e. The molecule has 0 bridgehead atoms. The monoisotopic (exact) mass is 576 g/mol. The summed E-state index contributed by atoms with van der Waals surface area (Å²) in [4.78, 5) is 37.5. The normalized spacial score (nSPS) is 20.0. The van der Waals surface area contributed by atoms with Gasteiger partial charge in [0, 0.05) is 24.5 Å². The lowest BCUT2D eigenvalue weighted by Gasteiger charge is -2.16. The average Bonchev–Trinajstić information content (AvgIpc) is 3.54. The van der Waals surface area contributed by atoms with Gasteiger partial charge in [0.15, 0.2) is 23.2 Å². The Labute approximate surface area is 240 Å². The van der Waals surface area contributed by atoms with Crippen LogP contribution in [0.25, 0.3) is 11.2 Å². The number of aromatic nitrogens is 4. The van der Waals surface area contributed by atoms with Gasteiger partial charge in [0.25, 0.3) is 0 Å². The van der Waals surface area contributed by atoms with Gasteiger partial charge in [-0.25, -0.2) is 15.0 Å². The second kappa shape index (κ2) is 13.0. The molecule has 0 spiro atoms. The molecule has 3 heterocycles. The van der Waals surface area contributed by atoms with Crippen LogP contribution in [-0.4, -0.2) is 84.7 Å². The number of nitrogens with one attached hydrogen (secondary N) is 3. The van der Waals surface area contributed by atoms with Gasteiger partial charge in [-0.2, -0.15) is 0 Å². The number of fused-ring (bicyclic) bond motifs is 1. The molecule has 0 aliphatic carbocycles. The molecule has 0 radical (unpaired) electrons. The fraction of sp³-hybridized carbons (Fsp3) is 0.321. The number of nitrogens with zero attached hydrogens (tertiary/aromatic N) is 4. The fourth-order valence-corrected chi connectivity index (χ4v) is 4.69. The maximum atomic E-state index is 12.7. The second-order valence-electron chi connectivity index (χ2n) is 9.84. The van der Waals surface area contributed by atoms with E-state index in [0.29, 0.717) is 41.4 Å². The first kappa shape index (κ1) is 29.0. The number of aliphatic hydroxyl groups excluding tert-OH is 3. The Morgan fingerprint density at radius 2 is 1.74 bits per heavy atom. The number of nitrogens with two attached hydrogens (primary N) is 1. The van der Waals surface area contributed by atoms with E-state index in [1.807, 2.05) is 18.2 Å². The first-order valence-electron chi connectivity index (χ1n) is 13.4. The zero-order valence-corrected chi connectivity index (χ0v) is 22.6. The number of hydrogen-bond acceptors (Lipinski definition) is 11.